The number of amides is 1. The summed E-state index contributed by atoms with van der Waals surface area (Å²) in [6.07, 6.45) is 4.29. The van der Waals surface area contributed by atoms with Gasteiger partial charge >= 0.3 is 0 Å². The fourth-order valence-corrected chi connectivity index (χ4v) is 1.90. The van der Waals surface area contributed by atoms with Gasteiger partial charge in [-0.1, -0.05) is 11.6 Å². The van der Waals surface area contributed by atoms with Crippen molar-refractivity contribution in [3.63, 3.8) is 0 Å². The molecule has 0 spiro atoms. The van der Waals surface area contributed by atoms with Crippen LogP contribution in [0.1, 0.15) is 0 Å². The Morgan fingerprint density at radius 2 is 2.24 bits per heavy atom. The molecule has 2 heterocycles. The summed E-state index contributed by atoms with van der Waals surface area (Å²) in [5.74, 6) is -0.286. The van der Waals surface area contributed by atoms with Crippen molar-refractivity contribution in [2.75, 3.05) is 5.32 Å². The number of nitrogens with one attached hydrogen (secondary N) is 1. The maximum atomic E-state index is 12.0. The molecule has 21 heavy (non-hydrogen) atoms. The molecule has 10 heteroatoms. The van der Waals surface area contributed by atoms with Gasteiger partial charge < -0.3 is 5.32 Å². The second kappa shape index (κ2) is 5.67. The Labute approximate surface area is 123 Å². The largest absolute Gasteiger partial charge is 0.323 e. The Morgan fingerprint density at radius 1 is 1.33 bits per heavy atom. The van der Waals surface area contributed by atoms with E-state index in [1.807, 2.05) is 0 Å². The molecule has 0 bridgehead atoms. The summed E-state index contributed by atoms with van der Waals surface area (Å²) in [5, 5.41) is 17.8. The summed E-state index contributed by atoms with van der Waals surface area (Å²) in [6.45, 7) is -0.00366. The third-order valence-corrected chi connectivity index (χ3v) is 2.83. The van der Waals surface area contributed by atoms with Gasteiger partial charge in [0.25, 0.3) is 0 Å². The normalized spacial score (nSPS) is 10.5. The first-order valence-corrected chi connectivity index (χ1v) is 6.25. The lowest BCUT2D eigenvalue weighted by Gasteiger charge is -2.11. The van der Waals surface area contributed by atoms with Crippen molar-refractivity contribution in [1.82, 2.24) is 35.0 Å². The molecule has 0 aliphatic rings. The molecule has 106 valence electrons. The van der Waals surface area contributed by atoms with E-state index in [4.69, 9.17) is 11.6 Å². The molecule has 3 aromatic rings. The second-order valence-corrected chi connectivity index (χ2v) is 4.49. The summed E-state index contributed by atoms with van der Waals surface area (Å²) < 4.78 is 2.85. The van der Waals surface area contributed by atoms with Crippen molar-refractivity contribution in [1.29, 1.82) is 0 Å². The highest BCUT2D eigenvalue weighted by Crippen LogP contribution is 2.23. The molecule has 0 aliphatic carbocycles. The lowest BCUT2D eigenvalue weighted by Crippen LogP contribution is -2.20. The van der Waals surface area contributed by atoms with Gasteiger partial charge in [0.1, 0.15) is 25.5 Å². The van der Waals surface area contributed by atoms with E-state index in [0.717, 1.165) is 0 Å². The first-order chi connectivity index (χ1) is 10.2. The van der Waals surface area contributed by atoms with Crippen LogP contribution in [0.25, 0.3) is 5.69 Å². The monoisotopic (exact) mass is 304 g/mol. The summed E-state index contributed by atoms with van der Waals surface area (Å²) in [6, 6.07) is 5.08. The number of carbonyl (C=O) groups excluding carboxylic acids is 1. The van der Waals surface area contributed by atoms with Gasteiger partial charge in [-0.05, 0) is 28.6 Å². The fourth-order valence-electron chi connectivity index (χ4n) is 1.73. The lowest BCUT2D eigenvalue weighted by molar-refractivity contribution is -0.116. The first kappa shape index (κ1) is 13.2. The van der Waals surface area contributed by atoms with E-state index in [0.29, 0.717) is 16.4 Å². The molecule has 2 aromatic heterocycles. The average molecular weight is 305 g/mol. The van der Waals surface area contributed by atoms with Crippen molar-refractivity contribution in [2.45, 2.75) is 6.54 Å². The van der Waals surface area contributed by atoms with Crippen LogP contribution in [0, 0.1) is 0 Å². The predicted molar refractivity (Wildman–Crippen MR) is 72.8 cm³/mol. The summed E-state index contributed by atoms with van der Waals surface area (Å²) in [7, 11) is 0. The second-order valence-electron chi connectivity index (χ2n) is 4.06. The minimum atomic E-state index is -0.286. The Hall–Kier alpha value is -2.81. The third-order valence-electron chi connectivity index (χ3n) is 2.60. The number of aromatic nitrogens is 7. The highest BCUT2D eigenvalue weighted by Gasteiger charge is 2.11. The number of anilines is 1. The zero-order chi connectivity index (χ0) is 14.7. The van der Waals surface area contributed by atoms with Crippen LogP contribution in [0.4, 0.5) is 5.69 Å². The standard InChI is InChI=1S/C11H9ClN8O/c12-8-1-2-10(20-6-13-5-15-20)9(3-8)16-11(21)4-19-7-14-17-18-19/h1-3,5-7H,4H2,(H,16,21). The van der Waals surface area contributed by atoms with E-state index >= 15 is 0 Å². The molecule has 1 amide bonds. The lowest BCUT2D eigenvalue weighted by atomic mass is 10.2. The van der Waals surface area contributed by atoms with Gasteiger partial charge in [0, 0.05) is 5.02 Å². The number of benzene rings is 1. The first-order valence-electron chi connectivity index (χ1n) is 5.87. The topological polar surface area (TPSA) is 103 Å². The van der Waals surface area contributed by atoms with E-state index in [-0.39, 0.29) is 12.5 Å². The number of hydrogen-bond acceptors (Lipinski definition) is 6. The molecule has 3 rings (SSSR count). The molecular formula is C11H9ClN8O. The van der Waals surface area contributed by atoms with Gasteiger partial charge in [0.15, 0.2) is 0 Å². The van der Waals surface area contributed by atoms with Gasteiger partial charge in [-0.25, -0.2) is 14.3 Å². The van der Waals surface area contributed by atoms with Crippen LogP contribution < -0.4 is 5.32 Å². The number of hydrogen-bond donors (Lipinski definition) is 1. The van der Waals surface area contributed by atoms with Crippen LogP contribution in [-0.4, -0.2) is 40.9 Å². The number of rotatable bonds is 4. The van der Waals surface area contributed by atoms with Crippen LogP contribution in [-0.2, 0) is 11.3 Å². The molecule has 0 saturated carbocycles. The Bertz CT molecular complexity index is 740. The molecule has 1 aromatic carbocycles. The number of tetrazole rings is 1. The fraction of sp³-hybridized carbons (Fsp3) is 0.0909. The molecule has 9 nitrogen and oxygen atoms in total. The van der Waals surface area contributed by atoms with Crippen LogP contribution in [0.5, 0.6) is 0 Å². The van der Waals surface area contributed by atoms with Crippen molar-refractivity contribution < 1.29 is 4.79 Å². The van der Waals surface area contributed by atoms with E-state index in [1.165, 1.54) is 28.3 Å². The van der Waals surface area contributed by atoms with Gasteiger partial charge in [0.05, 0.1) is 11.4 Å². The highest BCUT2D eigenvalue weighted by atomic mass is 35.5. The van der Waals surface area contributed by atoms with Gasteiger partial charge in [0.2, 0.25) is 5.91 Å². The molecule has 0 atom stereocenters. The molecule has 0 radical (unpaired) electrons. The van der Waals surface area contributed by atoms with E-state index in [1.54, 1.807) is 18.2 Å². The molecular weight excluding hydrogens is 296 g/mol. The van der Waals surface area contributed by atoms with Crippen LogP contribution in [0.3, 0.4) is 0 Å². The van der Waals surface area contributed by atoms with Gasteiger partial charge in [-0.3, -0.25) is 4.79 Å². The molecule has 0 unspecified atom stereocenters. The molecule has 0 saturated heterocycles. The Kier molecular flexibility index (Phi) is 3.56. The van der Waals surface area contributed by atoms with Crippen LogP contribution in [0.15, 0.2) is 37.2 Å². The minimum Gasteiger partial charge on any atom is -0.323 e. The summed E-state index contributed by atoms with van der Waals surface area (Å²) in [4.78, 5) is 15.9. The zero-order valence-electron chi connectivity index (χ0n) is 10.6. The smallest absolute Gasteiger partial charge is 0.246 e. The van der Waals surface area contributed by atoms with Crippen LogP contribution >= 0.6 is 11.6 Å². The van der Waals surface area contributed by atoms with Gasteiger partial charge in [-0.2, -0.15) is 5.10 Å². The highest BCUT2D eigenvalue weighted by molar-refractivity contribution is 6.31. The maximum Gasteiger partial charge on any atom is 0.246 e. The average Bonchev–Trinajstić information content (AvgIpc) is 3.11. The predicted octanol–water partition coefficient (Wildman–Crippen LogP) is 0.546. The quantitative estimate of drug-likeness (QED) is 0.754. The van der Waals surface area contributed by atoms with Crippen molar-refractivity contribution >= 4 is 23.2 Å². The minimum absolute atomic E-state index is 0.00366. The van der Waals surface area contributed by atoms with Gasteiger partial charge in [-0.15, -0.1) is 5.10 Å². The Balaban J connectivity index is 1.84. The number of halogens is 1. The van der Waals surface area contributed by atoms with E-state index in [9.17, 15) is 4.79 Å². The number of carbonyl (C=O) groups is 1. The van der Waals surface area contributed by atoms with Crippen molar-refractivity contribution in [3.05, 3.63) is 42.2 Å². The third kappa shape index (κ3) is 3.03. The van der Waals surface area contributed by atoms with E-state index in [2.05, 4.69) is 30.9 Å². The Morgan fingerprint density at radius 3 is 2.95 bits per heavy atom. The summed E-state index contributed by atoms with van der Waals surface area (Å²) >= 11 is 5.97. The molecule has 0 fully saturated rings. The molecule has 1 N–H and O–H groups in total. The SMILES string of the molecule is O=C(Cn1cnnn1)Nc1cc(Cl)ccc1-n1cncn1. The van der Waals surface area contributed by atoms with E-state index < -0.39 is 0 Å². The maximum absolute atomic E-state index is 12.0. The zero-order valence-corrected chi connectivity index (χ0v) is 11.3. The van der Waals surface area contributed by atoms with Crippen molar-refractivity contribution in [2.24, 2.45) is 0 Å². The number of nitrogens with zero attached hydrogens (tertiary/aromatic N) is 7. The van der Waals surface area contributed by atoms with Crippen molar-refractivity contribution in [3.8, 4) is 5.69 Å². The van der Waals surface area contributed by atoms with Crippen LogP contribution in [0.2, 0.25) is 5.02 Å². The summed E-state index contributed by atoms with van der Waals surface area (Å²) in [5.41, 5.74) is 1.17. The molecule has 0 aliphatic heterocycles.